The minimum absolute atomic E-state index is 0.609. The molecule has 0 unspecified atom stereocenters. The van der Waals surface area contributed by atoms with Crippen LogP contribution in [0, 0.1) is 13.8 Å². The molecule has 17 heavy (non-hydrogen) atoms. The fourth-order valence-corrected chi connectivity index (χ4v) is 1.90. The van der Waals surface area contributed by atoms with E-state index in [0.29, 0.717) is 18.5 Å². The van der Waals surface area contributed by atoms with Gasteiger partial charge in [-0.3, -0.25) is 4.99 Å². The van der Waals surface area contributed by atoms with Crippen LogP contribution in [0.3, 0.4) is 0 Å². The van der Waals surface area contributed by atoms with Gasteiger partial charge >= 0.3 is 0 Å². The number of nitrogens with two attached hydrogens (primary N) is 1. The molecule has 0 atom stereocenters. The standard InChI is InChI=1S/C12H20N4O/c1-8-11(9(2)17-15-8)6-7-14-12(13)16(3)10-4-5-10/h10H,4-7H2,1-3H3,(H2,13,14). The normalized spacial score (nSPS) is 16.3. The first-order chi connectivity index (χ1) is 8.09. The van der Waals surface area contributed by atoms with E-state index in [-0.39, 0.29) is 0 Å². The van der Waals surface area contributed by atoms with Crippen molar-refractivity contribution < 1.29 is 4.52 Å². The number of aliphatic imine (C=N–C) groups is 1. The molecule has 0 saturated heterocycles. The highest BCUT2D eigenvalue weighted by atomic mass is 16.5. The molecule has 0 bridgehead atoms. The van der Waals surface area contributed by atoms with E-state index in [1.165, 1.54) is 12.8 Å². The Morgan fingerprint density at radius 3 is 2.76 bits per heavy atom. The molecule has 1 aliphatic carbocycles. The van der Waals surface area contributed by atoms with Crippen LogP contribution >= 0.6 is 0 Å². The Hall–Kier alpha value is -1.52. The maximum Gasteiger partial charge on any atom is 0.191 e. The van der Waals surface area contributed by atoms with Crippen LogP contribution < -0.4 is 5.73 Å². The second kappa shape index (κ2) is 4.77. The van der Waals surface area contributed by atoms with Crippen LogP contribution in [0.25, 0.3) is 0 Å². The average Bonchev–Trinajstić information content (AvgIpc) is 3.09. The van der Waals surface area contributed by atoms with Crippen molar-refractivity contribution in [1.29, 1.82) is 0 Å². The minimum Gasteiger partial charge on any atom is -0.370 e. The first-order valence-electron chi connectivity index (χ1n) is 6.04. The van der Waals surface area contributed by atoms with Gasteiger partial charge in [-0.05, 0) is 33.1 Å². The summed E-state index contributed by atoms with van der Waals surface area (Å²) < 4.78 is 5.11. The Labute approximate surface area is 102 Å². The highest BCUT2D eigenvalue weighted by Gasteiger charge is 2.27. The average molecular weight is 236 g/mol. The smallest absolute Gasteiger partial charge is 0.191 e. The van der Waals surface area contributed by atoms with Gasteiger partial charge in [0, 0.05) is 25.2 Å². The molecule has 1 aliphatic rings. The van der Waals surface area contributed by atoms with Crippen LogP contribution in [0.4, 0.5) is 0 Å². The van der Waals surface area contributed by atoms with Crippen molar-refractivity contribution in [2.75, 3.05) is 13.6 Å². The fourth-order valence-electron chi connectivity index (χ4n) is 1.90. The lowest BCUT2D eigenvalue weighted by atomic mass is 10.1. The van der Waals surface area contributed by atoms with E-state index < -0.39 is 0 Å². The van der Waals surface area contributed by atoms with Gasteiger partial charge in [-0.25, -0.2) is 0 Å². The van der Waals surface area contributed by atoms with E-state index in [1.54, 1.807) is 0 Å². The zero-order valence-corrected chi connectivity index (χ0v) is 10.7. The van der Waals surface area contributed by atoms with E-state index in [1.807, 2.05) is 20.9 Å². The molecule has 0 radical (unpaired) electrons. The Bertz CT molecular complexity index is 401. The van der Waals surface area contributed by atoms with Gasteiger partial charge in [-0.2, -0.15) is 0 Å². The van der Waals surface area contributed by atoms with E-state index in [4.69, 9.17) is 10.3 Å². The first-order valence-corrected chi connectivity index (χ1v) is 6.04. The second-order valence-corrected chi connectivity index (χ2v) is 4.63. The Morgan fingerprint density at radius 2 is 2.24 bits per heavy atom. The third-order valence-corrected chi connectivity index (χ3v) is 3.27. The summed E-state index contributed by atoms with van der Waals surface area (Å²) in [5, 5.41) is 3.92. The number of guanidine groups is 1. The third kappa shape index (κ3) is 2.78. The van der Waals surface area contributed by atoms with E-state index in [0.717, 1.165) is 23.4 Å². The van der Waals surface area contributed by atoms with Crippen molar-refractivity contribution in [3.8, 4) is 0 Å². The predicted octanol–water partition coefficient (Wildman–Crippen LogP) is 1.24. The summed E-state index contributed by atoms with van der Waals surface area (Å²) in [4.78, 5) is 6.46. The van der Waals surface area contributed by atoms with Crippen LogP contribution in [-0.2, 0) is 6.42 Å². The molecule has 5 nitrogen and oxygen atoms in total. The number of rotatable bonds is 4. The van der Waals surface area contributed by atoms with E-state index in [2.05, 4.69) is 15.0 Å². The SMILES string of the molecule is Cc1noc(C)c1CCN=C(N)N(C)C1CC1. The lowest BCUT2D eigenvalue weighted by Gasteiger charge is -2.16. The van der Waals surface area contributed by atoms with Crippen LogP contribution in [0.2, 0.25) is 0 Å². The highest BCUT2D eigenvalue weighted by molar-refractivity contribution is 5.78. The summed E-state index contributed by atoms with van der Waals surface area (Å²) in [5.74, 6) is 1.52. The fraction of sp³-hybridized carbons (Fsp3) is 0.667. The van der Waals surface area contributed by atoms with Crippen LogP contribution in [-0.4, -0.2) is 35.7 Å². The number of hydrogen-bond donors (Lipinski definition) is 1. The Kier molecular flexibility index (Phi) is 3.36. The maximum atomic E-state index is 5.91. The van der Waals surface area contributed by atoms with Gasteiger partial charge in [-0.1, -0.05) is 5.16 Å². The van der Waals surface area contributed by atoms with Crippen molar-refractivity contribution in [3.05, 3.63) is 17.0 Å². The lowest BCUT2D eigenvalue weighted by Crippen LogP contribution is -2.35. The van der Waals surface area contributed by atoms with Gasteiger partial charge in [-0.15, -0.1) is 0 Å². The summed E-state index contributed by atoms with van der Waals surface area (Å²) in [5.41, 5.74) is 8.01. The molecule has 0 amide bonds. The number of nitrogens with zero attached hydrogens (tertiary/aromatic N) is 3. The molecule has 0 aliphatic heterocycles. The summed E-state index contributed by atoms with van der Waals surface area (Å²) in [6, 6.07) is 0.609. The minimum atomic E-state index is 0.609. The number of hydrogen-bond acceptors (Lipinski definition) is 3. The van der Waals surface area contributed by atoms with Gasteiger partial charge < -0.3 is 15.2 Å². The van der Waals surface area contributed by atoms with Crippen molar-refractivity contribution in [1.82, 2.24) is 10.1 Å². The molecule has 0 aromatic carbocycles. The van der Waals surface area contributed by atoms with Gasteiger partial charge in [0.05, 0.1) is 5.69 Å². The maximum absolute atomic E-state index is 5.91. The van der Waals surface area contributed by atoms with E-state index >= 15 is 0 Å². The molecular weight excluding hydrogens is 216 g/mol. The molecule has 0 spiro atoms. The third-order valence-electron chi connectivity index (χ3n) is 3.27. The highest BCUT2D eigenvalue weighted by Crippen LogP contribution is 2.24. The Morgan fingerprint density at radius 1 is 1.53 bits per heavy atom. The topological polar surface area (TPSA) is 67.6 Å². The van der Waals surface area contributed by atoms with Gasteiger partial charge in [0.25, 0.3) is 0 Å². The summed E-state index contributed by atoms with van der Waals surface area (Å²) in [6.07, 6.45) is 3.30. The number of aromatic nitrogens is 1. The van der Waals surface area contributed by atoms with Crippen LogP contribution in [0.5, 0.6) is 0 Å². The lowest BCUT2D eigenvalue weighted by molar-refractivity contribution is 0.392. The van der Waals surface area contributed by atoms with Crippen molar-refractivity contribution in [2.45, 2.75) is 39.2 Å². The monoisotopic (exact) mass is 236 g/mol. The zero-order valence-electron chi connectivity index (χ0n) is 10.7. The summed E-state index contributed by atoms with van der Waals surface area (Å²) in [6.45, 7) is 4.57. The van der Waals surface area contributed by atoms with Crippen LogP contribution in [0.1, 0.15) is 29.9 Å². The van der Waals surface area contributed by atoms with E-state index in [9.17, 15) is 0 Å². The Balaban J connectivity index is 1.88. The predicted molar refractivity (Wildman–Crippen MR) is 67.0 cm³/mol. The molecule has 1 aromatic heterocycles. The molecular formula is C12H20N4O. The van der Waals surface area contributed by atoms with Crippen molar-refractivity contribution in [3.63, 3.8) is 0 Å². The molecule has 1 fully saturated rings. The molecule has 2 rings (SSSR count). The second-order valence-electron chi connectivity index (χ2n) is 4.63. The largest absolute Gasteiger partial charge is 0.370 e. The molecule has 2 N–H and O–H groups in total. The zero-order chi connectivity index (χ0) is 12.4. The van der Waals surface area contributed by atoms with Crippen LogP contribution in [0.15, 0.2) is 9.52 Å². The molecule has 1 aromatic rings. The van der Waals surface area contributed by atoms with Gasteiger partial charge in [0.15, 0.2) is 5.96 Å². The number of aryl methyl sites for hydroxylation is 2. The molecule has 94 valence electrons. The van der Waals surface area contributed by atoms with Gasteiger partial charge in [0.2, 0.25) is 0 Å². The first kappa shape index (κ1) is 12.0. The van der Waals surface area contributed by atoms with Crippen molar-refractivity contribution in [2.24, 2.45) is 10.7 Å². The molecule has 1 heterocycles. The quantitative estimate of drug-likeness (QED) is 0.631. The van der Waals surface area contributed by atoms with Crippen molar-refractivity contribution >= 4 is 5.96 Å². The summed E-state index contributed by atoms with van der Waals surface area (Å²) in [7, 11) is 2.01. The molecule has 1 saturated carbocycles. The summed E-state index contributed by atoms with van der Waals surface area (Å²) >= 11 is 0. The van der Waals surface area contributed by atoms with Gasteiger partial charge in [0.1, 0.15) is 5.76 Å². The molecule has 5 heteroatoms.